The SMILES string of the molecule is C1=CC2=C(OC3CCCCC23)[C@@H](N(C2CCC(C3CCCCC3)CC2)[C@H]2CC=CC3CCCCC32)C1. The van der Waals surface area contributed by atoms with E-state index in [1.165, 1.54) is 128 Å². The maximum Gasteiger partial charge on any atom is 0.117 e. The summed E-state index contributed by atoms with van der Waals surface area (Å²) in [6.07, 6.45) is 37.7. The van der Waals surface area contributed by atoms with Crippen molar-refractivity contribution in [3.8, 4) is 0 Å². The van der Waals surface area contributed by atoms with Gasteiger partial charge in [0.15, 0.2) is 0 Å². The van der Waals surface area contributed by atoms with Crippen molar-refractivity contribution in [2.75, 3.05) is 0 Å². The van der Waals surface area contributed by atoms with Crippen LogP contribution in [0.1, 0.15) is 122 Å². The maximum atomic E-state index is 6.97. The van der Waals surface area contributed by atoms with E-state index in [-0.39, 0.29) is 0 Å². The third-order valence-electron chi connectivity index (χ3n) is 12.0. The topological polar surface area (TPSA) is 12.5 Å². The van der Waals surface area contributed by atoms with Crippen molar-refractivity contribution in [2.24, 2.45) is 29.6 Å². The van der Waals surface area contributed by atoms with Gasteiger partial charge in [0.05, 0.1) is 6.04 Å². The van der Waals surface area contributed by atoms with Crippen LogP contribution in [0.2, 0.25) is 0 Å². The second-order valence-electron chi connectivity index (χ2n) is 13.8. The first-order valence-electron chi connectivity index (χ1n) is 16.4. The van der Waals surface area contributed by atoms with Crippen LogP contribution in [-0.2, 0) is 4.74 Å². The monoisotopic (exact) mass is 489 g/mol. The first-order valence-corrected chi connectivity index (χ1v) is 16.4. The minimum atomic E-state index is 0.478. The Hall–Kier alpha value is -1.02. The molecule has 1 heterocycles. The summed E-state index contributed by atoms with van der Waals surface area (Å²) in [5.41, 5.74) is 1.61. The van der Waals surface area contributed by atoms with Crippen molar-refractivity contribution in [3.63, 3.8) is 0 Å². The molecule has 2 heteroatoms. The number of rotatable bonds is 4. The van der Waals surface area contributed by atoms with Crippen LogP contribution < -0.4 is 0 Å². The van der Waals surface area contributed by atoms with Crippen molar-refractivity contribution in [1.29, 1.82) is 0 Å². The van der Waals surface area contributed by atoms with Gasteiger partial charge in [0.25, 0.3) is 0 Å². The molecule has 0 aromatic rings. The molecule has 7 aliphatic rings. The van der Waals surface area contributed by atoms with E-state index < -0.39 is 0 Å². The molecule has 0 N–H and O–H groups in total. The summed E-state index contributed by atoms with van der Waals surface area (Å²) in [7, 11) is 0. The van der Waals surface area contributed by atoms with Crippen LogP contribution in [0.15, 0.2) is 35.6 Å². The zero-order valence-corrected chi connectivity index (χ0v) is 22.8. The van der Waals surface area contributed by atoms with Crippen LogP contribution in [0.5, 0.6) is 0 Å². The van der Waals surface area contributed by atoms with E-state index >= 15 is 0 Å². The molecule has 7 rings (SSSR count). The van der Waals surface area contributed by atoms with Gasteiger partial charge in [0, 0.05) is 18.0 Å². The highest BCUT2D eigenvalue weighted by Crippen LogP contribution is 2.49. The summed E-state index contributed by atoms with van der Waals surface area (Å²) in [4.78, 5) is 3.14. The highest BCUT2D eigenvalue weighted by Gasteiger charge is 2.47. The molecule has 6 atom stereocenters. The van der Waals surface area contributed by atoms with Crippen molar-refractivity contribution in [2.45, 2.75) is 146 Å². The molecular formula is C34H51NO. The molecule has 36 heavy (non-hydrogen) atoms. The lowest BCUT2D eigenvalue weighted by atomic mass is 9.68. The van der Waals surface area contributed by atoms with E-state index in [9.17, 15) is 0 Å². The molecule has 0 aromatic carbocycles. The fourth-order valence-electron chi connectivity index (χ4n) is 10.2. The number of nitrogens with zero attached hydrogens (tertiary/aromatic N) is 1. The minimum Gasteiger partial charge on any atom is -0.492 e. The lowest BCUT2D eigenvalue weighted by Crippen LogP contribution is -2.56. The molecule has 198 valence electrons. The zero-order valence-electron chi connectivity index (χ0n) is 22.8. The highest BCUT2D eigenvalue weighted by molar-refractivity contribution is 5.37. The lowest BCUT2D eigenvalue weighted by molar-refractivity contribution is -0.0210. The summed E-state index contributed by atoms with van der Waals surface area (Å²) in [5.74, 6) is 5.89. The molecule has 4 unspecified atom stereocenters. The van der Waals surface area contributed by atoms with Gasteiger partial charge in [-0.3, -0.25) is 4.90 Å². The molecule has 6 aliphatic carbocycles. The molecule has 0 radical (unpaired) electrons. The van der Waals surface area contributed by atoms with Gasteiger partial charge < -0.3 is 4.74 Å². The molecule has 2 nitrogen and oxygen atoms in total. The van der Waals surface area contributed by atoms with Gasteiger partial charge in [-0.1, -0.05) is 75.7 Å². The largest absolute Gasteiger partial charge is 0.492 e. The van der Waals surface area contributed by atoms with Gasteiger partial charge in [-0.15, -0.1) is 0 Å². The van der Waals surface area contributed by atoms with Crippen molar-refractivity contribution in [3.05, 3.63) is 35.6 Å². The number of hydrogen-bond acceptors (Lipinski definition) is 2. The number of hydrogen-bond donors (Lipinski definition) is 0. The Labute approximate surface area is 221 Å². The van der Waals surface area contributed by atoms with Crippen LogP contribution in [0.3, 0.4) is 0 Å². The number of allylic oxidation sites excluding steroid dienone is 2. The van der Waals surface area contributed by atoms with E-state index in [0.717, 1.165) is 35.8 Å². The molecule has 0 spiro atoms. The average Bonchev–Trinajstić information content (AvgIpc) is 3.34. The van der Waals surface area contributed by atoms with E-state index in [4.69, 9.17) is 4.74 Å². The lowest BCUT2D eigenvalue weighted by Gasteiger charge is -2.52. The third-order valence-corrected chi connectivity index (χ3v) is 12.0. The predicted octanol–water partition coefficient (Wildman–Crippen LogP) is 8.73. The van der Waals surface area contributed by atoms with Gasteiger partial charge in [0.1, 0.15) is 11.9 Å². The van der Waals surface area contributed by atoms with Gasteiger partial charge in [0.2, 0.25) is 0 Å². The molecular weight excluding hydrogens is 438 g/mol. The summed E-state index contributed by atoms with van der Waals surface area (Å²) in [6.45, 7) is 0. The Morgan fingerprint density at radius 2 is 1.42 bits per heavy atom. The summed E-state index contributed by atoms with van der Waals surface area (Å²) in [5, 5.41) is 0. The molecule has 0 aromatic heterocycles. The summed E-state index contributed by atoms with van der Waals surface area (Å²) >= 11 is 0. The van der Waals surface area contributed by atoms with Crippen LogP contribution in [0.4, 0.5) is 0 Å². The molecule has 0 saturated heterocycles. The van der Waals surface area contributed by atoms with Crippen LogP contribution in [0.25, 0.3) is 0 Å². The third kappa shape index (κ3) is 4.46. The van der Waals surface area contributed by atoms with Crippen molar-refractivity contribution >= 4 is 0 Å². The number of ether oxygens (including phenoxy) is 1. The normalized spacial score (nSPS) is 43.1. The second-order valence-corrected chi connectivity index (χ2v) is 13.8. The van der Waals surface area contributed by atoms with Crippen molar-refractivity contribution in [1.82, 2.24) is 4.90 Å². The Kier molecular flexibility index (Phi) is 7.10. The Morgan fingerprint density at radius 1 is 0.667 bits per heavy atom. The van der Waals surface area contributed by atoms with Gasteiger partial charge in [-0.2, -0.15) is 0 Å². The highest BCUT2D eigenvalue weighted by atomic mass is 16.5. The second kappa shape index (κ2) is 10.6. The molecule has 1 aliphatic heterocycles. The standard InChI is InChI=1S/C34H51NO/c1-2-10-24(11-3-1)25-20-22-27(23-21-25)35(31-17-8-13-26-12-4-5-14-28(26)31)32-18-9-16-30-29-15-6-7-19-33(29)36-34(30)32/h8-9,13,16,24-29,31-33H,1-7,10-12,14-15,17-23H2/t25?,26?,27?,28?,29?,31-,32-,33?/m0/s1. The maximum absolute atomic E-state index is 6.97. The Bertz CT molecular complexity index is 856. The Balaban J connectivity index is 1.16. The first kappa shape index (κ1) is 24.1. The molecule has 0 bridgehead atoms. The fourth-order valence-corrected chi connectivity index (χ4v) is 10.2. The van der Waals surface area contributed by atoms with E-state index in [0.29, 0.717) is 18.1 Å². The van der Waals surface area contributed by atoms with Gasteiger partial charge in [-0.05, 0) is 99.9 Å². The first-order chi connectivity index (χ1) is 17.9. The van der Waals surface area contributed by atoms with E-state index in [1.807, 2.05) is 0 Å². The van der Waals surface area contributed by atoms with Crippen LogP contribution >= 0.6 is 0 Å². The van der Waals surface area contributed by atoms with Crippen LogP contribution in [0, 0.1) is 29.6 Å². The number of fused-ring (bicyclic) bond motifs is 3. The summed E-state index contributed by atoms with van der Waals surface area (Å²) < 4.78 is 6.97. The average molecular weight is 490 g/mol. The van der Waals surface area contributed by atoms with E-state index in [1.54, 1.807) is 5.57 Å². The van der Waals surface area contributed by atoms with Gasteiger partial charge in [-0.25, -0.2) is 0 Å². The zero-order chi connectivity index (χ0) is 23.9. The molecule has 0 amide bonds. The fraction of sp³-hybridized carbons (Fsp3) is 0.824. The molecule has 4 saturated carbocycles. The van der Waals surface area contributed by atoms with Crippen molar-refractivity contribution < 1.29 is 4.74 Å². The van der Waals surface area contributed by atoms with Gasteiger partial charge >= 0.3 is 0 Å². The minimum absolute atomic E-state index is 0.478. The predicted molar refractivity (Wildman–Crippen MR) is 149 cm³/mol. The smallest absolute Gasteiger partial charge is 0.117 e. The Morgan fingerprint density at radius 3 is 2.31 bits per heavy atom. The summed E-state index contributed by atoms with van der Waals surface area (Å²) in [6, 6.07) is 2.00. The van der Waals surface area contributed by atoms with Crippen LogP contribution in [-0.4, -0.2) is 29.1 Å². The quantitative estimate of drug-likeness (QED) is 0.366. The van der Waals surface area contributed by atoms with E-state index in [2.05, 4.69) is 29.2 Å². The molecule has 4 fully saturated rings.